The van der Waals surface area contributed by atoms with E-state index in [1.807, 2.05) is 80.6 Å². The van der Waals surface area contributed by atoms with Crippen LogP contribution < -0.4 is 20.9 Å². The Morgan fingerprint density at radius 2 is 1.04 bits per heavy atom. The second-order valence-corrected chi connectivity index (χ2v) is 35.4. The molecule has 460 valence electrons. The van der Waals surface area contributed by atoms with E-state index in [9.17, 15) is 19.8 Å². The number of imidazole rings is 2. The van der Waals surface area contributed by atoms with E-state index in [0.717, 1.165) is 39.0 Å². The normalized spacial score (nSPS) is 11.8. The number of hydrogen-bond donors (Lipinski definition) is 4. The fourth-order valence-corrected chi connectivity index (χ4v) is 11.3. The first-order valence-corrected chi connectivity index (χ1v) is 36.5. The molecule has 4 aromatic heterocycles. The molecule has 0 radical (unpaired) electrons. The van der Waals surface area contributed by atoms with Crippen LogP contribution in [-0.2, 0) is 22.9 Å². The summed E-state index contributed by atoms with van der Waals surface area (Å²) in [5.74, 6) is 0.330. The molecule has 90 heavy (non-hydrogen) atoms. The number of phenols is 2. The highest BCUT2D eigenvalue weighted by molar-refractivity contribution is 6.76. The average molecular weight is 1250 g/mol. The van der Waals surface area contributed by atoms with Gasteiger partial charge in [-0.25, -0.2) is 23.5 Å². The van der Waals surface area contributed by atoms with Crippen LogP contribution in [0.2, 0.25) is 51.4 Å². The number of rotatable bonds is 20. The summed E-state index contributed by atoms with van der Waals surface area (Å²) < 4.78 is 60.3. The quantitative estimate of drug-likeness (QED) is 0.0410. The fraction of sp³-hybridized carbons (Fsp3) is 0.212. The predicted molar refractivity (Wildman–Crippen MR) is 346 cm³/mol. The molecule has 12 aromatic rings. The summed E-state index contributed by atoms with van der Waals surface area (Å²) in [5.41, 5.74) is 8.85. The Morgan fingerprint density at radius 1 is 0.533 bits per heavy atom. The summed E-state index contributed by atoms with van der Waals surface area (Å²) in [5, 5.41) is 38.1. The Balaban J connectivity index is 0.000000197. The van der Waals surface area contributed by atoms with Gasteiger partial charge in [0.2, 0.25) is 0 Å². The molecule has 0 saturated carbocycles. The van der Waals surface area contributed by atoms with Crippen LogP contribution in [0.3, 0.4) is 0 Å². The number of fused-ring (bicyclic) bond motifs is 2. The number of aromatic amines is 2. The molecule has 0 fully saturated rings. The summed E-state index contributed by atoms with van der Waals surface area (Å²) in [7, 11) is -2.63. The molecule has 20 nitrogen and oxygen atoms in total. The highest BCUT2D eigenvalue weighted by atomic mass is 28.3. The number of tetrazole rings is 2. The van der Waals surface area contributed by atoms with Crippen molar-refractivity contribution >= 4 is 38.2 Å². The minimum Gasteiger partial charge on any atom is -0.507 e. The van der Waals surface area contributed by atoms with E-state index >= 15 is 8.78 Å². The lowest BCUT2D eigenvalue weighted by molar-refractivity contribution is 0.0748. The molecule has 0 amide bonds. The number of H-pyrrole nitrogens is 2. The molecule has 0 saturated heterocycles. The maximum absolute atomic E-state index is 15.9. The lowest BCUT2D eigenvalue weighted by Gasteiger charge is -2.16. The SMILES string of the molecule is Cc1ccc(Oc2nc3cc(-c4ccc(-c5ccccc5O)cc4)c(F)cc3[nH]2)cc1-n1nn[nH]c1=O.Cc1ccc(Oc2nc3cc(-c4ccc(-c5ccccc5O)cc4)c(F)cc3n2COCC[Si](C)(C)C)cc1-n1nnn(COCC[Si](C)(C)C)c1=O. The van der Waals surface area contributed by atoms with Crippen molar-refractivity contribution in [3.8, 4) is 90.9 Å². The molecule has 12 rings (SSSR count). The van der Waals surface area contributed by atoms with Crippen LogP contribution in [0.15, 0.2) is 167 Å². The minimum absolute atomic E-state index is 0.0135. The molecular formula is C66H66F2N12O8Si2. The highest BCUT2D eigenvalue weighted by Crippen LogP contribution is 2.37. The Labute approximate surface area is 517 Å². The lowest BCUT2D eigenvalue weighted by Crippen LogP contribution is -2.27. The Hall–Kier alpha value is -10.1. The number of nitrogens with one attached hydrogen (secondary N) is 2. The van der Waals surface area contributed by atoms with E-state index < -0.39 is 39.2 Å². The topological polar surface area (TPSA) is 240 Å². The van der Waals surface area contributed by atoms with Gasteiger partial charge in [-0.1, -0.05) is 136 Å². The number of aromatic nitrogens is 12. The van der Waals surface area contributed by atoms with Crippen LogP contribution in [-0.4, -0.2) is 99.1 Å². The van der Waals surface area contributed by atoms with Gasteiger partial charge in [0.05, 0.1) is 33.4 Å². The number of hydrogen-bond acceptors (Lipinski definition) is 14. The van der Waals surface area contributed by atoms with Crippen LogP contribution in [0, 0.1) is 25.5 Å². The number of nitrogens with zero attached hydrogens (tertiary/aromatic N) is 10. The second kappa shape index (κ2) is 25.9. The Morgan fingerprint density at radius 3 is 1.59 bits per heavy atom. The number of ether oxygens (including phenoxy) is 4. The molecule has 0 aliphatic heterocycles. The summed E-state index contributed by atoms with van der Waals surface area (Å²) in [6.07, 6.45) is 0. The minimum atomic E-state index is -1.36. The standard InChI is InChI=1S/C39H47FN6O5Si2.C27H19FN6O3/c1-27-12-17-30(22-35(27)46-39(48)45(42-43-46)26-50-19-21-53(5,6)7)51-38-41-34-23-32(29-15-13-28(14-16-29)31-10-8-9-11-37(31)47)33(40)24-36(34)44(38)25-49-18-20-52(2,3)4;1-15-6-11-18(12-24(15)34-27(36)31-32-33-34)37-26-29-22-13-20(21(28)14-23(22)30-26)17-9-7-16(8-10-17)19-4-2-3-5-25(19)35/h8-17,22-24,47H,18-21,25-26H2,1-7H3;2-14,35H,1H3,(H,29,30)(H,31,33,36). The van der Waals surface area contributed by atoms with Crippen molar-refractivity contribution < 1.29 is 37.9 Å². The number of benzene rings is 8. The van der Waals surface area contributed by atoms with Crippen molar-refractivity contribution in [1.29, 1.82) is 0 Å². The lowest BCUT2D eigenvalue weighted by atomic mass is 9.99. The molecule has 0 atom stereocenters. The molecule has 0 unspecified atom stereocenters. The first kappa shape index (κ1) is 61.5. The van der Waals surface area contributed by atoms with Crippen molar-refractivity contribution in [2.45, 2.75) is 78.7 Å². The van der Waals surface area contributed by atoms with Gasteiger partial charge in [0.1, 0.15) is 48.1 Å². The Bertz CT molecular complexity index is 4680. The zero-order valence-corrected chi connectivity index (χ0v) is 52.8. The summed E-state index contributed by atoms with van der Waals surface area (Å²) in [4.78, 5) is 37.4. The van der Waals surface area contributed by atoms with E-state index in [1.54, 1.807) is 83.4 Å². The molecule has 0 spiro atoms. The van der Waals surface area contributed by atoms with Gasteiger partial charge in [-0.3, -0.25) is 4.57 Å². The first-order valence-electron chi connectivity index (χ1n) is 29.1. The van der Waals surface area contributed by atoms with E-state index in [2.05, 4.69) is 75.2 Å². The van der Waals surface area contributed by atoms with Crippen LogP contribution >= 0.6 is 0 Å². The van der Waals surface area contributed by atoms with Gasteiger partial charge in [0.25, 0.3) is 6.01 Å². The average Bonchev–Trinajstić information content (AvgIpc) is 1.69. The molecular weight excluding hydrogens is 1180 g/mol. The van der Waals surface area contributed by atoms with Crippen molar-refractivity contribution in [1.82, 2.24) is 59.5 Å². The zero-order valence-electron chi connectivity index (χ0n) is 50.8. The number of para-hydroxylation sites is 2. The maximum Gasteiger partial charge on any atom is 0.370 e. The van der Waals surface area contributed by atoms with Gasteiger partial charge in [-0.2, -0.15) is 24.0 Å². The van der Waals surface area contributed by atoms with Crippen LogP contribution in [0.1, 0.15) is 11.1 Å². The fourth-order valence-electron chi connectivity index (χ4n) is 9.82. The van der Waals surface area contributed by atoms with Gasteiger partial charge in [0, 0.05) is 75.9 Å². The van der Waals surface area contributed by atoms with Crippen LogP contribution in [0.25, 0.3) is 77.9 Å². The molecule has 0 bridgehead atoms. The van der Waals surface area contributed by atoms with E-state index in [-0.39, 0.29) is 37.0 Å². The predicted octanol–water partition coefficient (Wildman–Crippen LogP) is 13.8. The molecule has 4 N–H and O–H groups in total. The number of halogens is 2. The van der Waals surface area contributed by atoms with Crippen molar-refractivity contribution in [3.05, 3.63) is 201 Å². The summed E-state index contributed by atoms with van der Waals surface area (Å²) in [6, 6.07) is 47.8. The molecule has 0 aliphatic carbocycles. The molecule has 24 heteroatoms. The smallest absolute Gasteiger partial charge is 0.370 e. The van der Waals surface area contributed by atoms with E-state index in [0.29, 0.717) is 91.5 Å². The summed E-state index contributed by atoms with van der Waals surface area (Å²) >= 11 is 0. The van der Waals surface area contributed by atoms with Gasteiger partial charge in [-0.05, 0) is 117 Å². The highest BCUT2D eigenvalue weighted by Gasteiger charge is 2.22. The number of aromatic hydroxyl groups is 2. The van der Waals surface area contributed by atoms with Crippen LogP contribution in [0.4, 0.5) is 8.78 Å². The molecule has 4 heterocycles. The van der Waals surface area contributed by atoms with Crippen LogP contribution in [0.5, 0.6) is 35.0 Å². The summed E-state index contributed by atoms with van der Waals surface area (Å²) in [6.45, 7) is 18.6. The third kappa shape index (κ3) is 14.1. The largest absolute Gasteiger partial charge is 0.507 e. The van der Waals surface area contributed by atoms with Crippen molar-refractivity contribution in [2.75, 3.05) is 13.2 Å². The molecule has 0 aliphatic rings. The van der Waals surface area contributed by atoms with Crippen molar-refractivity contribution in [3.63, 3.8) is 0 Å². The van der Waals surface area contributed by atoms with Gasteiger partial charge in [0.15, 0.2) is 0 Å². The van der Waals surface area contributed by atoms with Crippen molar-refractivity contribution in [2.24, 2.45) is 0 Å². The third-order valence-corrected chi connectivity index (χ3v) is 18.4. The third-order valence-electron chi connectivity index (χ3n) is 15.0. The van der Waals surface area contributed by atoms with Gasteiger partial charge < -0.3 is 34.1 Å². The molecule has 8 aromatic carbocycles. The monoisotopic (exact) mass is 1250 g/mol. The van der Waals surface area contributed by atoms with Gasteiger partial charge >= 0.3 is 17.4 Å². The zero-order chi connectivity index (χ0) is 63.4. The van der Waals surface area contributed by atoms with E-state index in [1.165, 1.54) is 21.5 Å². The van der Waals surface area contributed by atoms with E-state index in [4.69, 9.17) is 23.9 Å². The first-order chi connectivity index (χ1) is 43.1. The number of phenolic OH excluding ortho intramolecular Hbond substituents is 2. The second-order valence-electron chi connectivity index (χ2n) is 24.1. The number of aryl methyl sites for hydroxylation is 2. The van der Waals surface area contributed by atoms with Gasteiger partial charge in [-0.15, -0.1) is 0 Å². The maximum atomic E-state index is 15.9. The Kier molecular flexibility index (Phi) is 17.7.